The largest absolute Gasteiger partial charge is 0.500 e. The van der Waals surface area contributed by atoms with Crippen LogP contribution in [0.15, 0.2) is 0 Å². The zero-order valence-corrected chi connectivity index (χ0v) is 23.2. The molecule has 1 fully saturated rings. The SMILES string of the molecule is CCCCCN(CCCCC)CCN1CCN(CCC[Si](OCC)(OCC)OCC)CC1. The Labute approximate surface area is 201 Å². The Morgan fingerprint density at radius 1 is 0.594 bits per heavy atom. The molecule has 32 heavy (non-hydrogen) atoms. The van der Waals surface area contributed by atoms with Crippen molar-refractivity contribution in [3.8, 4) is 0 Å². The summed E-state index contributed by atoms with van der Waals surface area (Å²) in [5, 5.41) is 0. The molecular formula is C25H55N3O3Si. The van der Waals surface area contributed by atoms with Crippen LogP contribution >= 0.6 is 0 Å². The molecule has 0 radical (unpaired) electrons. The molecule has 0 aromatic rings. The number of hydrogen-bond donors (Lipinski definition) is 0. The van der Waals surface area contributed by atoms with E-state index in [1.165, 1.54) is 90.9 Å². The van der Waals surface area contributed by atoms with E-state index in [-0.39, 0.29) is 0 Å². The molecule has 0 aromatic heterocycles. The van der Waals surface area contributed by atoms with Crippen molar-refractivity contribution in [3.63, 3.8) is 0 Å². The highest BCUT2D eigenvalue weighted by atomic mass is 28.4. The molecule has 0 unspecified atom stereocenters. The quantitative estimate of drug-likeness (QED) is 0.177. The first-order chi connectivity index (χ1) is 15.6. The molecule has 0 N–H and O–H groups in total. The topological polar surface area (TPSA) is 37.4 Å². The first-order valence-electron chi connectivity index (χ1n) is 13.7. The monoisotopic (exact) mass is 473 g/mol. The lowest BCUT2D eigenvalue weighted by Crippen LogP contribution is -2.49. The van der Waals surface area contributed by atoms with E-state index >= 15 is 0 Å². The van der Waals surface area contributed by atoms with E-state index in [1.54, 1.807) is 0 Å². The van der Waals surface area contributed by atoms with Gasteiger partial charge in [0, 0.05) is 65.1 Å². The molecule has 0 saturated carbocycles. The lowest BCUT2D eigenvalue weighted by atomic mass is 10.2. The highest BCUT2D eigenvalue weighted by Crippen LogP contribution is 2.19. The van der Waals surface area contributed by atoms with Crippen LogP contribution in [0.4, 0.5) is 0 Å². The lowest BCUT2D eigenvalue weighted by molar-refractivity contribution is 0.0685. The number of unbranched alkanes of at least 4 members (excludes halogenated alkanes) is 4. The van der Waals surface area contributed by atoms with Crippen molar-refractivity contribution < 1.29 is 13.3 Å². The van der Waals surface area contributed by atoms with Gasteiger partial charge in [0.15, 0.2) is 0 Å². The van der Waals surface area contributed by atoms with Crippen LogP contribution in [0.25, 0.3) is 0 Å². The third kappa shape index (κ3) is 13.0. The predicted molar refractivity (Wildman–Crippen MR) is 138 cm³/mol. The Bertz CT molecular complexity index is 396. The van der Waals surface area contributed by atoms with Crippen molar-refractivity contribution in [2.45, 2.75) is 85.6 Å². The predicted octanol–water partition coefficient (Wildman–Crippen LogP) is 4.72. The summed E-state index contributed by atoms with van der Waals surface area (Å²) >= 11 is 0. The van der Waals surface area contributed by atoms with E-state index in [0.29, 0.717) is 19.8 Å². The summed E-state index contributed by atoms with van der Waals surface area (Å²) in [6, 6.07) is 0.924. The molecular weight excluding hydrogens is 418 g/mol. The number of piperazine rings is 1. The van der Waals surface area contributed by atoms with Gasteiger partial charge in [-0.1, -0.05) is 39.5 Å². The number of rotatable bonds is 21. The second-order valence-electron chi connectivity index (χ2n) is 9.02. The van der Waals surface area contributed by atoms with Crippen molar-refractivity contribution in [2.24, 2.45) is 0 Å². The van der Waals surface area contributed by atoms with Gasteiger partial charge in [0.2, 0.25) is 0 Å². The molecule has 1 aliphatic rings. The maximum absolute atomic E-state index is 6.00. The highest BCUT2D eigenvalue weighted by molar-refractivity contribution is 6.60. The minimum absolute atomic E-state index is 0.665. The van der Waals surface area contributed by atoms with Gasteiger partial charge in [-0.05, 0) is 59.7 Å². The summed E-state index contributed by atoms with van der Waals surface area (Å²) in [6.45, 7) is 23.6. The van der Waals surface area contributed by atoms with Crippen LogP contribution in [-0.2, 0) is 13.3 Å². The molecule has 1 rings (SSSR count). The van der Waals surface area contributed by atoms with Gasteiger partial charge in [0.25, 0.3) is 0 Å². The molecule has 1 saturated heterocycles. The average molecular weight is 474 g/mol. The van der Waals surface area contributed by atoms with Gasteiger partial charge in [-0.25, -0.2) is 0 Å². The summed E-state index contributed by atoms with van der Waals surface area (Å²) in [5.74, 6) is 0. The van der Waals surface area contributed by atoms with E-state index in [4.69, 9.17) is 13.3 Å². The van der Waals surface area contributed by atoms with Gasteiger partial charge in [0.05, 0.1) is 0 Å². The zero-order valence-electron chi connectivity index (χ0n) is 22.2. The Morgan fingerprint density at radius 2 is 1.06 bits per heavy atom. The fraction of sp³-hybridized carbons (Fsp3) is 1.00. The van der Waals surface area contributed by atoms with Gasteiger partial charge in [0.1, 0.15) is 0 Å². The molecule has 0 aliphatic carbocycles. The maximum atomic E-state index is 6.00. The number of hydrogen-bond acceptors (Lipinski definition) is 6. The molecule has 7 heteroatoms. The Kier molecular flexibility index (Phi) is 18.1. The molecule has 192 valence electrons. The fourth-order valence-corrected chi connectivity index (χ4v) is 7.14. The van der Waals surface area contributed by atoms with Crippen molar-refractivity contribution in [3.05, 3.63) is 0 Å². The summed E-state index contributed by atoms with van der Waals surface area (Å²) < 4.78 is 18.0. The van der Waals surface area contributed by atoms with Crippen molar-refractivity contribution in [1.82, 2.24) is 14.7 Å². The van der Waals surface area contributed by atoms with E-state index in [0.717, 1.165) is 19.0 Å². The Morgan fingerprint density at radius 3 is 1.50 bits per heavy atom. The molecule has 0 bridgehead atoms. The first kappa shape index (κ1) is 30.0. The van der Waals surface area contributed by atoms with Gasteiger partial charge >= 0.3 is 8.80 Å². The van der Waals surface area contributed by atoms with E-state index in [9.17, 15) is 0 Å². The zero-order chi connectivity index (χ0) is 23.5. The van der Waals surface area contributed by atoms with Gasteiger partial charge in [-0.15, -0.1) is 0 Å². The second kappa shape index (κ2) is 19.3. The smallest absolute Gasteiger partial charge is 0.374 e. The molecule has 0 amide bonds. The molecule has 1 aliphatic heterocycles. The van der Waals surface area contributed by atoms with E-state index in [2.05, 4.69) is 28.5 Å². The van der Waals surface area contributed by atoms with E-state index < -0.39 is 8.80 Å². The van der Waals surface area contributed by atoms with Crippen molar-refractivity contribution >= 4 is 8.80 Å². The van der Waals surface area contributed by atoms with Crippen LogP contribution in [0.2, 0.25) is 6.04 Å². The second-order valence-corrected chi connectivity index (χ2v) is 11.8. The third-order valence-electron chi connectivity index (χ3n) is 6.40. The minimum Gasteiger partial charge on any atom is -0.374 e. The summed E-state index contributed by atoms with van der Waals surface area (Å²) in [5.41, 5.74) is 0. The molecule has 6 nitrogen and oxygen atoms in total. The molecule has 0 spiro atoms. The highest BCUT2D eigenvalue weighted by Gasteiger charge is 2.39. The van der Waals surface area contributed by atoms with Crippen LogP contribution in [0.1, 0.15) is 79.6 Å². The molecule has 0 atom stereocenters. The summed E-state index contributed by atoms with van der Waals surface area (Å²) in [4.78, 5) is 8.00. The Hall–Kier alpha value is -0.0231. The van der Waals surface area contributed by atoms with Crippen molar-refractivity contribution in [2.75, 3.05) is 78.7 Å². The van der Waals surface area contributed by atoms with Crippen LogP contribution in [0.3, 0.4) is 0 Å². The van der Waals surface area contributed by atoms with Gasteiger partial charge in [-0.3, -0.25) is 4.90 Å². The van der Waals surface area contributed by atoms with Crippen LogP contribution in [0, 0.1) is 0 Å². The minimum atomic E-state index is -2.49. The fourth-order valence-electron chi connectivity index (χ4n) is 4.55. The molecule has 0 aromatic carbocycles. The lowest BCUT2D eigenvalue weighted by Gasteiger charge is -2.36. The van der Waals surface area contributed by atoms with Crippen molar-refractivity contribution in [1.29, 1.82) is 0 Å². The van der Waals surface area contributed by atoms with Crippen LogP contribution in [-0.4, -0.2) is 102 Å². The normalized spacial score (nSPS) is 16.3. The number of nitrogens with zero attached hydrogens (tertiary/aromatic N) is 3. The third-order valence-corrected chi connectivity index (χ3v) is 9.55. The van der Waals surface area contributed by atoms with E-state index in [1.807, 2.05) is 20.8 Å². The first-order valence-corrected chi connectivity index (χ1v) is 15.6. The van der Waals surface area contributed by atoms with Gasteiger partial charge in [-0.2, -0.15) is 0 Å². The van der Waals surface area contributed by atoms with Crippen LogP contribution in [0.5, 0.6) is 0 Å². The Balaban J connectivity index is 2.32. The summed E-state index contributed by atoms with van der Waals surface area (Å²) in [7, 11) is -2.49. The standard InChI is InChI=1S/C25H55N3O3Si/c1-6-11-13-16-26(17-14-12-7-2)19-22-28-23-20-27(21-24-28)18-15-25-32(29-8-3,30-9-4)31-10-5/h6-25H2,1-5H3. The maximum Gasteiger partial charge on any atom is 0.500 e. The van der Waals surface area contributed by atoms with Crippen LogP contribution < -0.4 is 0 Å². The summed E-state index contributed by atoms with van der Waals surface area (Å²) in [6.07, 6.45) is 9.15. The molecule has 1 heterocycles. The average Bonchev–Trinajstić information content (AvgIpc) is 2.79. The van der Waals surface area contributed by atoms with Gasteiger partial charge < -0.3 is 23.1 Å².